The SMILES string of the molecule is Cc1nc(OC[C@]2(O)CCCC[C@H]2O)ccc1Br. The van der Waals surface area contributed by atoms with Gasteiger partial charge in [0.15, 0.2) is 0 Å². The van der Waals surface area contributed by atoms with Crippen molar-refractivity contribution in [2.75, 3.05) is 6.61 Å². The van der Waals surface area contributed by atoms with Gasteiger partial charge in [0.25, 0.3) is 0 Å². The Morgan fingerprint density at radius 1 is 1.50 bits per heavy atom. The highest BCUT2D eigenvalue weighted by Crippen LogP contribution is 2.29. The second-order valence-corrected chi connectivity index (χ2v) is 5.72. The topological polar surface area (TPSA) is 62.6 Å². The predicted octanol–water partition coefficient (Wildman–Crippen LogP) is 2.20. The molecule has 0 radical (unpaired) electrons. The summed E-state index contributed by atoms with van der Waals surface area (Å²) in [6, 6.07) is 3.61. The van der Waals surface area contributed by atoms with Crippen molar-refractivity contribution in [3.8, 4) is 5.88 Å². The van der Waals surface area contributed by atoms with Gasteiger partial charge in [-0.15, -0.1) is 0 Å². The van der Waals surface area contributed by atoms with E-state index in [1.165, 1.54) is 0 Å². The molecule has 1 aromatic rings. The van der Waals surface area contributed by atoms with E-state index in [2.05, 4.69) is 20.9 Å². The minimum Gasteiger partial charge on any atom is -0.474 e. The summed E-state index contributed by atoms with van der Waals surface area (Å²) in [6.45, 7) is 1.96. The molecule has 0 aromatic carbocycles. The van der Waals surface area contributed by atoms with Crippen LogP contribution in [-0.4, -0.2) is 33.5 Å². The molecular formula is C13H18BrNO3. The maximum absolute atomic E-state index is 10.3. The summed E-state index contributed by atoms with van der Waals surface area (Å²) >= 11 is 3.37. The third-order valence-corrected chi connectivity index (χ3v) is 4.26. The van der Waals surface area contributed by atoms with Gasteiger partial charge in [-0.3, -0.25) is 0 Å². The number of aromatic nitrogens is 1. The zero-order valence-corrected chi connectivity index (χ0v) is 12.0. The van der Waals surface area contributed by atoms with Crippen molar-refractivity contribution >= 4 is 15.9 Å². The maximum atomic E-state index is 10.3. The molecule has 18 heavy (non-hydrogen) atoms. The van der Waals surface area contributed by atoms with Gasteiger partial charge in [0.05, 0.1) is 11.8 Å². The lowest BCUT2D eigenvalue weighted by atomic mass is 9.83. The molecule has 2 N–H and O–H groups in total. The molecule has 0 amide bonds. The summed E-state index contributed by atoms with van der Waals surface area (Å²) in [7, 11) is 0. The summed E-state index contributed by atoms with van der Waals surface area (Å²) in [5, 5.41) is 20.2. The Labute approximate surface area is 115 Å². The molecule has 1 fully saturated rings. The van der Waals surface area contributed by atoms with Gasteiger partial charge in [0, 0.05) is 10.5 Å². The summed E-state index contributed by atoms with van der Waals surface area (Å²) in [4.78, 5) is 4.25. The fourth-order valence-electron chi connectivity index (χ4n) is 2.17. The number of hydrogen-bond acceptors (Lipinski definition) is 4. The van der Waals surface area contributed by atoms with E-state index >= 15 is 0 Å². The van der Waals surface area contributed by atoms with E-state index in [4.69, 9.17) is 4.74 Å². The van der Waals surface area contributed by atoms with Crippen molar-refractivity contribution in [3.63, 3.8) is 0 Å². The molecule has 4 nitrogen and oxygen atoms in total. The smallest absolute Gasteiger partial charge is 0.213 e. The number of rotatable bonds is 3. The Morgan fingerprint density at radius 2 is 2.28 bits per heavy atom. The normalized spacial score (nSPS) is 28.1. The van der Waals surface area contributed by atoms with Crippen LogP contribution < -0.4 is 4.74 Å². The van der Waals surface area contributed by atoms with Crippen molar-refractivity contribution in [2.45, 2.75) is 44.3 Å². The van der Waals surface area contributed by atoms with Gasteiger partial charge in [0.2, 0.25) is 5.88 Å². The second kappa shape index (κ2) is 5.55. The molecule has 0 unspecified atom stereocenters. The molecule has 100 valence electrons. The van der Waals surface area contributed by atoms with Crippen LogP contribution in [0.2, 0.25) is 0 Å². The minimum absolute atomic E-state index is 0.0856. The number of halogens is 1. The Bertz CT molecular complexity index is 427. The number of pyridine rings is 1. The predicted molar refractivity (Wildman–Crippen MR) is 71.6 cm³/mol. The Balaban J connectivity index is 1.99. The zero-order valence-electron chi connectivity index (χ0n) is 10.4. The fourth-order valence-corrected chi connectivity index (χ4v) is 2.39. The largest absolute Gasteiger partial charge is 0.474 e. The van der Waals surface area contributed by atoms with E-state index in [1.807, 2.05) is 13.0 Å². The third-order valence-electron chi connectivity index (χ3n) is 3.42. The lowest BCUT2D eigenvalue weighted by Gasteiger charge is -2.36. The highest BCUT2D eigenvalue weighted by Gasteiger charge is 2.38. The Morgan fingerprint density at radius 3 is 2.94 bits per heavy atom. The average molecular weight is 316 g/mol. The lowest BCUT2D eigenvalue weighted by Crippen LogP contribution is -2.49. The van der Waals surface area contributed by atoms with E-state index in [0.717, 1.165) is 23.0 Å². The van der Waals surface area contributed by atoms with Crippen molar-refractivity contribution in [1.29, 1.82) is 0 Å². The molecule has 2 atom stereocenters. The molecule has 1 heterocycles. The van der Waals surface area contributed by atoms with E-state index in [1.54, 1.807) is 6.07 Å². The second-order valence-electron chi connectivity index (χ2n) is 4.87. The molecule has 1 aliphatic rings. The lowest BCUT2D eigenvalue weighted by molar-refractivity contribution is -0.121. The van der Waals surface area contributed by atoms with Crippen LogP contribution in [-0.2, 0) is 0 Å². The molecule has 0 spiro atoms. The average Bonchev–Trinajstić information content (AvgIpc) is 2.35. The first-order chi connectivity index (χ1) is 8.51. The van der Waals surface area contributed by atoms with Crippen LogP contribution in [0.1, 0.15) is 31.4 Å². The molecule has 1 aliphatic carbocycles. The van der Waals surface area contributed by atoms with Crippen molar-refractivity contribution in [2.24, 2.45) is 0 Å². The van der Waals surface area contributed by atoms with Crippen molar-refractivity contribution < 1.29 is 14.9 Å². The highest BCUT2D eigenvalue weighted by molar-refractivity contribution is 9.10. The fraction of sp³-hybridized carbons (Fsp3) is 0.615. The molecule has 5 heteroatoms. The molecule has 1 saturated carbocycles. The van der Waals surface area contributed by atoms with Gasteiger partial charge in [0.1, 0.15) is 12.2 Å². The van der Waals surface area contributed by atoms with Gasteiger partial charge in [-0.05, 0) is 41.8 Å². The molecule has 1 aromatic heterocycles. The molecule has 2 rings (SSSR count). The van der Waals surface area contributed by atoms with Crippen LogP contribution >= 0.6 is 15.9 Å². The van der Waals surface area contributed by atoms with Gasteiger partial charge >= 0.3 is 0 Å². The standard InChI is InChI=1S/C13H18BrNO3/c1-9-10(14)5-6-12(15-9)18-8-13(17)7-3-2-4-11(13)16/h5-6,11,16-17H,2-4,7-8H2,1H3/t11-,13-/m1/s1. The van der Waals surface area contributed by atoms with Crippen LogP contribution in [0.4, 0.5) is 0 Å². The highest BCUT2D eigenvalue weighted by atomic mass is 79.9. The molecule has 0 saturated heterocycles. The molecular weight excluding hydrogens is 298 g/mol. The van der Waals surface area contributed by atoms with Crippen molar-refractivity contribution in [3.05, 3.63) is 22.3 Å². The zero-order chi connectivity index (χ0) is 13.2. The monoisotopic (exact) mass is 315 g/mol. The molecule has 0 bridgehead atoms. The number of ether oxygens (including phenoxy) is 1. The van der Waals surface area contributed by atoms with Crippen LogP contribution in [0.25, 0.3) is 0 Å². The van der Waals surface area contributed by atoms with Gasteiger partial charge in [-0.2, -0.15) is 0 Å². The quantitative estimate of drug-likeness (QED) is 0.897. The van der Waals surface area contributed by atoms with Crippen LogP contribution in [0, 0.1) is 6.92 Å². The minimum atomic E-state index is -1.14. The number of hydrogen-bond donors (Lipinski definition) is 2. The first-order valence-electron chi connectivity index (χ1n) is 6.18. The first-order valence-corrected chi connectivity index (χ1v) is 6.97. The van der Waals surface area contributed by atoms with E-state index in [-0.39, 0.29) is 6.61 Å². The van der Waals surface area contributed by atoms with Crippen LogP contribution in [0.3, 0.4) is 0 Å². The van der Waals surface area contributed by atoms with E-state index < -0.39 is 11.7 Å². The number of aliphatic hydroxyl groups is 2. The van der Waals surface area contributed by atoms with Gasteiger partial charge < -0.3 is 14.9 Å². The molecule has 0 aliphatic heterocycles. The summed E-state index contributed by atoms with van der Waals surface area (Å²) in [5.74, 6) is 0.474. The maximum Gasteiger partial charge on any atom is 0.213 e. The first kappa shape index (κ1) is 13.8. The summed E-state index contributed by atoms with van der Waals surface area (Å²) in [6.07, 6.45) is 2.38. The van der Waals surface area contributed by atoms with E-state index in [9.17, 15) is 10.2 Å². The van der Waals surface area contributed by atoms with Gasteiger partial charge in [-0.1, -0.05) is 12.8 Å². The number of nitrogens with zero attached hydrogens (tertiary/aromatic N) is 1. The number of aliphatic hydroxyl groups excluding tert-OH is 1. The Hall–Kier alpha value is -0.650. The van der Waals surface area contributed by atoms with Crippen molar-refractivity contribution in [1.82, 2.24) is 4.98 Å². The van der Waals surface area contributed by atoms with Crippen LogP contribution in [0.5, 0.6) is 5.88 Å². The Kier molecular flexibility index (Phi) is 4.25. The van der Waals surface area contributed by atoms with E-state index in [0.29, 0.717) is 18.7 Å². The number of aryl methyl sites for hydroxylation is 1. The summed E-state index contributed by atoms with van der Waals surface area (Å²) < 4.78 is 6.44. The van der Waals surface area contributed by atoms with Crippen LogP contribution in [0.15, 0.2) is 16.6 Å². The van der Waals surface area contributed by atoms with Gasteiger partial charge in [-0.25, -0.2) is 4.98 Å². The summed E-state index contributed by atoms with van der Waals surface area (Å²) in [5.41, 5.74) is -0.301. The third kappa shape index (κ3) is 3.02.